The first-order valence-corrected chi connectivity index (χ1v) is 6.45. The van der Waals surface area contributed by atoms with Crippen molar-refractivity contribution in [2.24, 2.45) is 16.8 Å². The largest absolute Gasteiger partial charge is 0.354 e. The van der Waals surface area contributed by atoms with Gasteiger partial charge in [0.1, 0.15) is 0 Å². The molecule has 1 saturated carbocycles. The molecule has 94 valence electrons. The van der Waals surface area contributed by atoms with Crippen molar-refractivity contribution in [3.63, 3.8) is 0 Å². The van der Waals surface area contributed by atoms with E-state index in [2.05, 4.69) is 29.1 Å². The maximum absolute atomic E-state index is 4.27. The predicted molar refractivity (Wildman–Crippen MR) is 70.8 cm³/mol. The highest BCUT2D eigenvalue weighted by atomic mass is 15.3. The zero-order valence-electron chi connectivity index (χ0n) is 11.5. The number of hydrogen-bond donors (Lipinski definition) is 1. The van der Waals surface area contributed by atoms with E-state index in [0.29, 0.717) is 6.04 Å². The van der Waals surface area contributed by atoms with Gasteiger partial charge in [-0.2, -0.15) is 0 Å². The first-order valence-electron chi connectivity index (χ1n) is 6.45. The van der Waals surface area contributed by atoms with Gasteiger partial charge in [0.25, 0.3) is 0 Å². The van der Waals surface area contributed by atoms with E-state index in [4.69, 9.17) is 0 Å². The molecule has 0 aromatic rings. The van der Waals surface area contributed by atoms with Gasteiger partial charge in [-0.25, -0.2) is 0 Å². The van der Waals surface area contributed by atoms with Gasteiger partial charge in [-0.1, -0.05) is 13.8 Å². The van der Waals surface area contributed by atoms with Crippen LogP contribution in [0.25, 0.3) is 0 Å². The Kier molecular flexibility index (Phi) is 5.10. The van der Waals surface area contributed by atoms with E-state index in [1.54, 1.807) is 0 Å². The number of aliphatic imine (C=N–C) groups is 1. The molecule has 3 nitrogen and oxygen atoms in total. The van der Waals surface area contributed by atoms with Crippen molar-refractivity contribution < 1.29 is 0 Å². The number of nitrogens with one attached hydrogen (secondary N) is 1. The van der Waals surface area contributed by atoms with Crippen LogP contribution in [-0.4, -0.2) is 38.0 Å². The van der Waals surface area contributed by atoms with Crippen LogP contribution in [-0.2, 0) is 0 Å². The van der Waals surface area contributed by atoms with E-state index in [0.717, 1.165) is 17.8 Å². The standard InChI is InChI=1S/C13H27N3/c1-10(2)11-6-8-12(9-7-11)15-13(14-3)16(4)5/h10-12H,6-9H2,1-5H3,(H,14,15). The van der Waals surface area contributed by atoms with E-state index in [9.17, 15) is 0 Å². The van der Waals surface area contributed by atoms with Crippen molar-refractivity contribution in [1.29, 1.82) is 0 Å². The molecule has 0 aliphatic heterocycles. The Morgan fingerprint density at radius 3 is 2.12 bits per heavy atom. The molecule has 0 aromatic carbocycles. The Morgan fingerprint density at radius 1 is 1.19 bits per heavy atom. The SMILES string of the molecule is CN=C(NC1CCC(C(C)C)CC1)N(C)C. The van der Waals surface area contributed by atoms with Crippen molar-refractivity contribution in [2.75, 3.05) is 21.1 Å². The number of guanidine groups is 1. The van der Waals surface area contributed by atoms with Crippen LogP contribution in [0.4, 0.5) is 0 Å². The van der Waals surface area contributed by atoms with Crippen molar-refractivity contribution in [3.05, 3.63) is 0 Å². The summed E-state index contributed by atoms with van der Waals surface area (Å²) in [6, 6.07) is 0.621. The molecule has 0 unspecified atom stereocenters. The summed E-state index contributed by atoms with van der Waals surface area (Å²) < 4.78 is 0. The van der Waals surface area contributed by atoms with Crippen LogP contribution < -0.4 is 5.32 Å². The molecule has 0 saturated heterocycles. The Morgan fingerprint density at radius 2 is 1.75 bits per heavy atom. The second-order valence-corrected chi connectivity index (χ2v) is 5.44. The predicted octanol–water partition coefficient (Wildman–Crippen LogP) is 2.34. The third-order valence-electron chi connectivity index (χ3n) is 3.68. The molecule has 16 heavy (non-hydrogen) atoms. The minimum absolute atomic E-state index is 0.621. The van der Waals surface area contributed by atoms with Crippen LogP contribution in [0.5, 0.6) is 0 Å². The summed E-state index contributed by atoms with van der Waals surface area (Å²) in [5, 5.41) is 3.54. The lowest BCUT2D eigenvalue weighted by Gasteiger charge is -2.33. The first-order chi connectivity index (χ1) is 7.54. The highest BCUT2D eigenvalue weighted by molar-refractivity contribution is 5.79. The second kappa shape index (κ2) is 6.12. The Balaban J connectivity index is 2.37. The molecule has 1 aliphatic carbocycles. The molecule has 0 spiro atoms. The van der Waals surface area contributed by atoms with Gasteiger partial charge >= 0.3 is 0 Å². The molecule has 1 aliphatic rings. The van der Waals surface area contributed by atoms with Gasteiger partial charge < -0.3 is 10.2 Å². The summed E-state index contributed by atoms with van der Waals surface area (Å²) in [7, 11) is 5.92. The average Bonchev–Trinajstić information content (AvgIpc) is 2.26. The van der Waals surface area contributed by atoms with Gasteiger partial charge in [0.15, 0.2) is 5.96 Å². The van der Waals surface area contributed by atoms with E-state index in [-0.39, 0.29) is 0 Å². The molecule has 0 aromatic heterocycles. The van der Waals surface area contributed by atoms with Crippen molar-refractivity contribution in [1.82, 2.24) is 10.2 Å². The third kappa shape index (κ3) is 3.69. The summed E-state index contributed by atoms with van der Waals surface area (Å²) in [6.07, 6.45) is 5.30. The van der Waals surface area contributed by atoms with Crippen molar-refractivity contribution in [2.45, 2.75) is 45.6 Å². The molecule has 0 bridgehead atoms. The van der Waals surface area contributed by atoms with Gasteiger partial charge in [0.05, 0.1) is 0 Å². The molecule has 0 atom stereocenters. The highest BCUT2D eigenvalue weighted by Crippen LogP contribution is 2.29. The van der Waals surface area contributed by atoms with E-state index in [1.807, 2.05) is 21.1 Å². The van der Waals surface area contributed by atoms with Crippen molar-refractivity contribution in [3.8, 4) is 0 Å². The molecule has 3 heteroatoms. The Bertz CT molecular complexity index is 225. The van der Waals surface area contributed by atoms with Crippen LogP contribution in [0.3, 0.4) is 0 Å². The molecule has 0 amide bonds. The summed E-state index contributed by atoms with van der Waals surface area (Å²) >= 11 is 0. The lowest BCUT2D eigenvalue weighted by atomic mass is 9.80. The van der Waals surface area contributed by atoms with Gasteiger partial charge in [0, 0.05) is 27.2 Å². The fourth-order valence-corrected chi connectivity index (χ4v) is 2.51. The van der Waals surface area contributed by atoms with Gasteiger partial charge in [-0.3, -0.25) is 4.99 Å². The van der Waals surface area contributed by atoms with Crippen LogP contribution in [0, 0.1) is 11.8 Å². The minimum Gasteiger partial charge on any atom is -0.354 e. The van der Waals surface area contributed by atoms with Gasteiger partial charge in [-0.05, 0) is 37.5 Å². The van der Waals surface area contributed by atoms with Crippen LogP contribution in [0.2, 0.25) is 0 Å². The Hall–Kier alpha value is -0.730. The maximum Gasteiger partial charge on any atom is 0.193 e. The van der Waals surface area contributed by atoms with Gasteiger partial charge in [-0.15, -0.1) is 0 Å². The highest BCUT2D eigenvalue weighted by Gasteiger charge is 2.23. The molecule has 1 N–H and O–H groups in total. The van der Waals surface area contributed by atoms with Crippen LogP contribution in [0.15, 0.2) is 4.99 Å². The second-order valence-electron chi connectivity index (χ2n) is 5.44. The molecular weight excluding hydrogens is 198 g/mol. The fraction of sp³-hybridized carbons (Fsp3) is 0.923. The molecular formula is C13H27N3. The van der Waals surface area contributed by atoms with Crippen LogP contribution >= 0.6 is 0 Å². The van der Waals surface area contributed by atoms with E-state index >= 15 is 0 Å². The number of hydrogen-bond acceptors (Lipinski definition) is 1. The fourth-order valence-electron chi connectivity index (χ4n) is 2.51. The molecule has 0 heterocycles. The van der Waals surface area contributed by atoms with Crippen molar-refractivity contribution >= 4 is 5.96 Å². The van der Waals surface area contributed by atoms with E-state index < -0.39 is 0 Å². The minimum atomic E-state index is 0.621. The quantitative estimate of drug-likeness (QED) is 0.577. The smallest absolute Gasteiger partial charge is 0.193 e. The maximum atomic E-state index is 4.27. The van der Waals surface area contributed by atoms with E-state index in [1.165, 1.54) is 25.7 Å². The van der Waals surface area contributed by atoms with Gasteiger partial charge in [0.2, 0.25) is 0 Å². The lowest BCUT2D eigenvalue weighted by Crippen LogP contribution is -2.44. The normalized spacial score (nSPS) is 27.0. The van der Waals surface area contributed by atoms with Crippen LogP contribution in [0.1, 0.15) is 39.5 Å². The lowest BCUT2D eigenvalue weighted by molar-refractivity contribution is 0.248. The zero-order valence-corrected chi connectivity index (χ0v) is 11.5. The monoisotopic (exact) mass is 225 g/mol. The summed E-state index contributed by atoms with van der Waals surface area (Å²) in [5.41, 5.74) is 0. The summed E-state index contributed by atoms with van der Waals surface area (Å²) in [5.74, 6) is 2.78. The average molecular weight is 225 g/mol. The topological polar surface area (TPSA) is 27.6 Å². The number of rotatable bonds is 2. The third-order valence-corrected chi connectivity index (χ3v) is 3.68. The molecule has 1 rings (SSSR count). The zero-order chi connectivity index (χ0) is 12.1. The number of nitrogens with zero attached hydrogens (tertiary/aromatic N) is 2. The Labute approximate surface area is 100 Å². The first kappa shape index (κ1) is 13.3. The molecule has 1 fully saturated rings. The summed E-state index contributed by atoms with van der Waals surface area (Å²) in [6.45, 7) is 4.69. The molecule has 0 radical (unpaired) electrons. The summed E-state index contributed by atoms with van der Waals surface area (Å²) in [4.78, 5) is 6.32.